The van der Waals surface area contributed by atoms with Gasteiger partial charge in [-0.3, -0.25) is 14.5 Å². The van der Waals surface area contributed by atoms with E-state index >= 15 is 0 Å². The number of halogens is 1. The summed E-state index contributed by atoms with van der Waals surface area (Å²) in [5.74, 6) is 2.10. The number of nitrogens with zero attached hydrogens (tertiary/aromatic N) is 6. The van der Waals surface area contributed by atoms with E-state index in [-0.39, 0.29) is 6.04 Å². The molecular formula is C23H31ClN6. The fraction of sp³-hybridized carbons (Fsp3) is 0.478. The normalized spacial score (nSPS) is 21.0. The van der Waals surface area contributed by atoms with Crippen LogP contribution in [0.3, 0.4) is 0 Å². The maximum Gasteiger partial charge on any atom is 0.138 e. The predicted molar refractivity (Wildman–Crippen MR) is 125 cm³/mol. The third-order valence-corrected chi connectivity index (χ3v) is 6.42. The Morgan fingerprint density at radius 2 is 2.03 bits per heavy atom. The first-order valence-corrected chi connectivity index (χ1v) is 11.1. The van der Waals surface area contributed by atoms with Crippen LogP contribution in [0.25, 0.3) is 12.3 Å². The molecule has 2 saturated heterocycles. The van der Waals surface area contributed by atoms with Gasteiger partial charge in [0.25, 0.3) is 0 Å². The zero-order valence-corrected chi connectivity index (χ0v) is 18.7. The second kappa shape index (κ2) is 9.33. The molecule has 1 atom stereocenters. The van der Waals surface area contributed by atoms with Gasteiger partial charge in [-0.25, -0.2) is 4.98 Å². The van der Waals surface area contributed by atoms with Crippen LogP contribution in [0.2, 0.25) is 5.02 Å². The van der Waals surface area contributed by atoms with Crippen LogP contribution in [0, 0.1) is 0 Å². The van der Waals surface area contributed by atoms with Crippen LogP contribution in [-0.4, -0.2) is 64.1 Å². The van der Waals surface area contributed by atoms with Gasteiger partial charge < -0.3 is 9.80 Å². The lowest BCUT2D eigenvalue weighted by atomic mass is 10.1. The lowest BCUT2D eigenvalue weighted by molar-refractivity contribution is 0.241. The first kappa shape index (κ1) is 21.1. The molecule has 1 unspecified atom stereocenters. The average molecular weight is 427 g/mol. The monoisotopic (exact) mass is 426 g/mol. The molecule has 30 heavy (non-hydrogen) atoms. The average Bonchev–Trinajstić information content (AvgIpc) is 3.34. The van der Waals surface area contributed by atoms with Crippen molar-refractivity contribution in [2.45, 2.75) is 32.4 Å². The standard InChI is InChI=1S/C23H31ClN6/c1-4-8-21-26-19(23(30(21)5-2)28-15-13-27(3)14-16-28)17-29-12-7-10-20(29)22-18(24)9-6-11-25-22/h4-6,8-9,11,20H,2,7,10,12-17H2,1,3H3/b8-4-. The molecule has 7 heteroatoms. The minimum absolute atomic E-state index is 0.234. The summed E-state index contributed by atoms with van der Waals surface area (Å²) in [7, 11) is 2.18. The summed E-state index contributed by atoms with van der Waals surface area (Å²) >= 11 is 6.49. The first-order chi connectivity index (χ1) is 14.6. The van der Waals surface area contributed by atoms with Crippen molar-refractivity contribution in [2.75, 3.05) is 44.7 Å². The summed E-state index contributed by atoms with van der Waals surface area (Å²) in [5, 5.41) is 0.750. The summed E-state index contributed by atoms with van der Waals surface area (Å²) in [6.45, 7) is 12.0. The molecule has 4 rings (SSSR count). The molecule has 0 aromatic carbocycles. The highest BCUT2D eigenvalue weighted by Crippen LogP contribution is 2.37. The second-order valence-corrected chi connectivity index (χ2v) is 8.49. The number of hydrogen-bond donors (Lipinski definition) is 0. The predicted octanol–water partition coefficient (Wildman–Crippen LogP) is 4.15. The van der Waals surface area contributed by atoms with Crippen LogP contribution in [0.15, 0.2) is 31.0 Å². The Morgan fingerprint density at radius 3 is 2.73 bits per heavy atom. The second-order valence-electron chi connectivity index (χ2n) is 8.08. The quantitative estimate of drug-likeness (QED) is 0.693. The van der Waals surface area contributed by atoms with Crippen molar-refractivity contribution in [3.8, 4) is 0 Å². The van der Waals surface area contributed by atoms with Gasteiger partial charge in [0.05, 0.1) is 22.5 Å². The van der Waals surface area contributed by atoms with E-state index in [0.717, 1.165) is 74.3 Å². The van der Waals surface area contributed by atoms with Crippen LogP contribution in [0.4, 0.5) is 5.82 Å². The molecule has 0 bridgehead atoms. The molecule has 0 radical (unpaired) electrons. The van der Waals surface area contributed by atoms with E-state index in [1.54, 1.807) is 0 Å². The number of allylic oxidation sites excluding steroid dienone is 1. The van der Waals surface area contributed by atoms with E-state index in [9.17, 15) is 0 Å². The molecule has 0 amide bonds. The molecule has 4 heterocycles. The molecule has 2 fully saturated rings. The summed E-state index contributed by atoms with van der Waals surface area (Å²) in [4.78, 5) is 16.9. The maximum atomic E-state index is 6.49. The topological polar surface area (TPSA) is 40.4 Å². The van der Waals surface area contributed by atoms with Gasteiger partial charge in [0, 0.05) is 45.1 Å². The molecule has 2 aromatic heterocycles. The summed E-state index contributed by atoms with van der Waals surface area (Å²) < 4.78 is 2.14. The van der Waals surface area contributed by atoms with E-state index in [4.69, 9.17) is 16.6 Å². The highest BCUT2D eigenvalue weighted by molar-refractivity contribution is 6.31. The SMILES string of the molecule is C=Cn1c(/C=C\C)nc(CN2CCCC2c2ncccc2Cl)c1N1CCN(C)CC1. The van der Waals surface area contributed by atoms with Gasteiger partial charge in [-0.05, 0) is 51.6 Å². The van der Waals surface area contributed by atoms with Gasteiger partial charge in [0.2, 0.25) is 0 Å². The Morgan fingerprint density at radius 1 is 1.23 bits per heavy atom. The Bertz CT molecular complexity index is 912. The van der Waals surface area contributed by atoms with Crippen LogP contribution in [-0.2, 0) is 6.54 Å². The summed E-state index contributed by atoms with van der Waals surface area (Å²) in [6.07, 6.45) is 10.0. The van der Waals surface area contributed by atoms with Crippen LogP contribution >= 0.6 is 11.6 Å². The van der Waals surface area contributed by atoms with E-state index in [0.29, 0.717) is 0 Å². The van der Waals surface area contributed by atoms with Crippen molar-refractivity contribution in [1.82, 2.24) is 24.3 Å². The number of likely N-dealkylation sites (N-methyl/N-ethyl adjacent to an activating group) is 1. The maximum absolute atomic E-state index is 6.49. The van der Waals surface area contributed by atoms with Crippen molar-refractivity contribution in [3.05, 3.63) is 53.2 Å². The molecule has 0 N–H and O–H groups in total. The first-order valence-electron chi connectivity index (χ1n) is 10.8. The number of pyridine rings is 1. The Balaban J connectivity index is 1.67. The number of aromatic nitrogens is 3. The van der Waals surface area contributed by atoms with Gasteiger partial charge in [-0.1, -0.05) is 24.3 Å². The van der Waals surface area contributed by atoms with Crippen LogP contribution < -0.4 is 4.90 Å². The number of likely N-dealkylation sites (tertiary alicyclic amines) is 1. The van der Waals surface area contributed by atoms with E-state index in [1.807, 2.05) is 37.5 Å². The number of hydrogen-bond acceptors (Lipinski definition) is 5. The molecule has 0 saturated carbocycles. The van der Waals surface area contributed by atoms with Crippen molar-refractivity contribution in [1.29, 1.82) is 0 Å². The van der Waals surface area contributed by atoms with Gasteiger partial charge in [0.1, 0.15) is 11.6 Å². The number of rotatable bonds is 6. The van der Waals surface area contributed by atoms with Crippen molar-refractivity contribution >= 4 is 29.7 Å². The number of anilines is 1. The highest BCUT2D eigenvalue weighted by atomic mass is 35.5. The lowest BCUT2D eigenvalue weighted by Crippen LogP contribution is -2.45. The fourth-order valence-electron chi connectivity index (χ4n) is 4.56. The van der Waals surface area contributed by atoms with Crippen molar-refractivity contribution < 1.29 is 0 Å². The van der Waals surface area contributed by atoms with Crippen molar-refractivity contribution in [3.63, 3.8) is 0 Å². The lowest BCUT2D eigenvalue weighted by Gasteiger charge is -2.35. The van der Waals surface area contributed by atoms with Crippen LogP contribution in [0.5, 0.6) is 0 Å². The Kier molecular flexibility index (Phi) is 6.56. The van der Waals surface area contributed by atoms with Gasteiger partial charge in [-0.2, -0.15) is 0 Å². The molecule has 0 aliphatic carbocycles. The smallest absolute Gasteiger partial charge is 0.138 e. The number of piperazine rings is 1. The molecular weight excluding hydrogens is 396 g/mol. The summed E-state index contributed by atoms with van der Waals surface area (Å²) in [6, 6.07) is 4.07. The van der Waals surface area contributed by atoms with E-state index in [1.165, 1.54) is 5.82 Å². The minimum Gasteiger partial charge on any atom is -0.354 e. The molecule has 2 aromatic rings. The third kappa shape index (κ3) is 4.17. The third-order valence-electron chi connectivity index (χ3n) is 6.10. The van der Waals surface area contributed by atoms with Gasteiger partial charge >= 0.3 is 0 Å². The van der Waals surface area contributed by atoms with E-state index in [2.05, 4.69) is 44.0 Å². The molecule has 2 aliphatic heterocycles. The zero-order chi connectivity index (χ0) is 21.1. The molecule has 160 valence electrons. The largest absolute Gasteiger partial charge is 0.354 e. The van der Waals surface area contributed by atoms with Crippen LogP contribution in [0.1, 0.15) is 43.0 Å². The van der Waals surface area contributed by atoms with Gasteiger partial charge in [0.15, 0.2) is 0 Å². The Hall–Kier alpha value is -2.15. The fourth-order valence-corrected chi connectivity index (χ4v) is 4.80. The Labute approximate surface area is 184 Å². The number of imidazole rings is 1. The molecule has 6 nitrogen and oxygen atoms in total. The summed E-state index contributed by atoms with van der Waals surface area (Å²) in [5.41, 5.74) is 2.08. The highest BCUT2D eigenvalue weighted by Gasteiger charge is 2.31. The minimum atomic E-state index is 0.234. The van der Waals surface area contributed by atoms with Gasteiger partial charge in [-0.15, -0.1) is 0 Å². The molecule has 0 spiro atoms. The van der Waals surface area contributed by atoms with E-state index < -0.39 is 0 Å². The van der Waals surface area contributed by atoms with Crippen molar-refractivity contribution in [2.24, 2.45) is 0 Å². The molecule has 2 aliphatic rings. The zero-order valence-electron chi connectivity index (χ0n) is 18.0.